The summed E-state index contributed by atoms with van der Waals surface area (Å²) >= 11 is 0. The Morgan fingerprint density at radius 2 is 2.00 bits per heavy atom. The normalized spacial score (nSPS) is 13.1. The summed E-state index contributed by atoms with van der Waals surface area (Å²) in [5.74, 6) is 5.66. The molecule has 0 amide bonds. The van der Waals surface area contributed by atoms with Gasteiger partial charge in [0.25, 0.3) is 0 Å². The summed E-state index contributed by atoms with van der Waals surface area (Å²) in [5.41, 5.74) is 1.86. The van der Waals surface area contributed by atoms with E-state index in [0.29, 0.717) is 6.61 Å². The lowest BCUT2D eigenvalue weighted by molar-refractivity contribution is -0.0116. The Labute approximate surface area is 119 Å². The fourth-order valence-electron chi connectivity index (χ4n) is 1.60. The Bertz CT molecular complexity index is 572. The number of aliphatic hydroxyl groups is 1. The maximum Gasteiger partial charge on any atom is 0.140 e. The minimum atomic E-state index is -0.820. The van der Waals surface area contributed by atoms with E-state index in [1.807, 2.05) is 49.4 Å². The molecule has 0 unspecified atom stereocenters. The van der Waals surface area contributed by atoms with E-state index in [9.17, 15) is 5.11 Å². The van der Waals surface area contributed by atoms with Crippen LogP contribution in [0.25, 0.3) is 0 Å². The lowest BCUT2D eigenvalue weighted by Gasteiger charge is -2.15. The molecule has 0 saturated heterocycles. The summed E-state index contributed by atoms with van der Waals surface area (Å²) in [6.45, 7) is 2.28. The van der Waals surface area contributed by atoms with Crippen LogP contribution >= 0.6 is 0 Å². The molecule has 0 fully saturated rings. The van der Waals surface area contributed by atoms with E-state index in [-0.39, 0.29) is 6.10 Å². The zero-order chi connectivity index (χ0) is 14.2. The Morgan fingerprint density at radius 1 is 1.20 bits per heavy atom. The van der Waals surface area contributed by atoms with Crippen LogP contribution in [0.15, 0.2) is 54.9 Å². The summed E-state index contributed by atoms with van der Waals surface area (Å²) in [6, 6.07) is 13.5. The maximum atomic E-state index is 9.94. The fraction of sp³-hybridized carbons (Fsp3) is 0.235. The molecule has 2 atom stereocenters. The number of aliphatic hydroxyl groups excluding tert-OH is 1. The zero-order valence-electron chi connectivity index (χ0n) is 11.4. The number of aromatic nitrogens is 1. The number of pyridine rings is 1. The summed E-state index contributed by atoms with van der Waals surface area (Å²) in [4.78, 5) is 3.97. The van der Waals surface area contributed by atoms with Gasteiger partial charge in [-0.3, -0.25) is 4.98 Å². The van der Waals surface area contributed by atoms with E-state index in [1.165, 1.54) is 0 Å². The molecular weight excluding hydrogens is 250 g/mol. The van der Waals surface area contributed by atoms with Crippen molar-refractivity contribution in [2.75, 3.05) is 0 Å². The van der Waals surface area contributed by atoms with Gasteiger partial charge in [-0.15, -0.1) is 0 Å². The topological polar surface area (TPSA) is 42.4 Å². The molecule has 0 aliphatic carbocycles. The van der Waals surface area contributed by atoms with Crippen LogP contribution in [-0.4, -0.2) is 22.3 Å². The van der Waals surface area contributed by atoms with E-state index in [0.717, 1.165) is 11.1 Å². The first-order chi connectivity index (χ1) is 9.75. The molecule has 102 valence electrons. The van der Waals surface area contributed by atoms with Gasteiger partial charge in [0.05, 0.1) is 12.7 Å². The van der Waals surface area contributed by atoms with Gasteiger partial charge in [-0.05, 0) is 24.6 Å². The first kappa shape index (κ1) is 14.3. The predicted molar refractivity (Wildman–Crippen MR) is 77.8 cm³/mol. The van der Waals surface area contributed by atoms with E-state index in [1.54, 1.807) is 12.4 Å². The van der Waals surface area contributed by atoms with Crippen LogP contribution in [0.5, 0.6) is 0 Å². The number of nitrogens with zero attached hydrogens (tertiary/aromatic N) is 1. The van der Waals surface area contributed by atoms with Crippen molar-refractivity contribution < 1.29 is 9.84 Å². The van der Waals surface area contributed by atoms with Crippen molar-refractivity contribution in [1.82, 2.24) is 4.98 Å². The van der Waals surface area contributed by atoms with Crippen molar-refractivity contribution in [2.24, 2.45) is 0 Å². The fourth-order valence-corrected chi connectivity index (χ4v) is 1.60. The number of ether oxygens (including phenoxy) is 1. The molecule has 0 saturated carbocycles. The molecule has 1 N–H and O–H groups in total. The Balaban J connectivity index is 1.86. The lowest BCUT2D eigenvalue weighted by atomic mass is 10.2. The van der Waals surface area contributed by atoms with E-state index in [4.69, 9.17) is 4.74 Å². The van der Waals surface area contributed by atoms with Crippen LogP contribution in [0.4, 0.5) is 0 Å². The number of benzene rings is 1. The van der Waals surface area contributed by atoms with Crippen molar-refractivity contribution in [3.8, 4) is 11.8 Å². The minimum Gasteiger partial charge on any atom is -0.378 e. The first-order valence-corrected chi connectivity index (χ1v) is 6.51. The average Bonchev–Trinajstić information content (AvgIpc) is 2.52. The molecule has 3 heteroatoms. The highest BCUT2D eigenvalue weighted by atomic mass is 16.5. The number of hydrogen-bond donors (Lipinski definition) is 1. The van der Waals surface area contributed by atoms with Gasteiger partial charge in [-0.1, -0.05) is 42.2 Å². The van der Waals surface area contributed by atoms with Crippen LogP contribution in [-0.2, 0) is 11.3 Å². The molecule has 0 bridgehead atoms. The van der Waals surface area contributed by atoms with Gasteiger partial charge in [0.15, 0.2) is 0 Å². The molecule has 1 aromatic heterocycles. The first-order valence-electron chi connectivity index (χ1n) is 6.51. The molecule has 1 aromatic carbocycles. The third kappa shape index (κ3) is 4.51. The predicted octanol–water partition coefficient (Wildman–Crippen LogP) is 2.40. The quantitative estimate of drug-likeness (QED) is 0.865. The van der Waals surface area contributed by atoms with Crippen molar-refractivity contribution >= 4 is 0 Å². The summed E-state index contributed by atoms with van der Waals surface area (Å²) < 4.78 is 5.61. The lowest BCUT2D eigenvalue weighted by Crippen LogP contribution is -2.24. The van der Waals surface area contributed by atoms with Gasteiger partial charge in [-0.2, -0.15) is 0 Å². The minimum absolute atomic E-state index is 0.348. The van der Waals surface area contributed by atoms with Crippen molar-refractivity contribution in [2.45, 2.75) is 25.7 Å². The van der Waals surface area contributed by atoms with Crippen molar-refractivity contribution in [3.63, 3.8) is 0 Å². The largest absolute Gasteiger partial charge is 0.378 e. The summed E-state index contributed by atoms with van der Waals surface area (Å²) in [5, 5.41) is 9.94. The van der Waals surface area contributed by atoms with Gasteiger partial charge in [0, 0.05) is 18.0 Å². The SMILES string of the molecule is C[C@H](OCc1ccccc1)[C@H](O)C#Cc1cccnc1. The standard InChI is InChI=1S/C17H17NO2/c1-14(20-13-16-6-3-2-4-7-16)17(19)10-9-15-8-5-11-18-12-15/h2-8,11-12,14,17,19H,13H2,1H3/t14-,17+/m0/s1. The van der Waals surface area contributed by atoms with Crippen LogP contribution in [0.2, 0.25) is 0 Å². The van der Waals surface area contributed by atoms with Gasteiger partial charge in [0.1, 0.15) is 6.10 Å². The van der Waals surface area contributed by atoms with E-state index >= 15 is 0 Å². The monoisotopic (exact) mass is 267 g/mol. The molecule has 2 aromatic rings. The second-order valence-corrected chi connectivity index (χ2v) is 4.46. The average molecular weight is 267 g/mol. The van der Waals surface area contributed by atoms with E-state index in [2.05, 4.69) is 16.8 Å². The van der Waals surface area contributed by atoms with E-state index < -0.39 is 6.10 Å². The van der Waals surface area contributed by atoms with Crippen molar-refractivity contribution in [1.29, 1.82) is 0 Å². The zero-order valence-corrected chi connectivity index (χ0v) is 11.4. The third-order valence-corrected chi connectivity index (χ3v) is 2.83. The molecule has 1 heterocycles. The van der Waals surface area contributed by atoms with Gasteiger partial charge in [-0.25, -0.2) is 0 Å². The second-order valence-electron chi connectivity index (χ2n) is 4.46. The Kier molecular flexibility index (Phi) is 5.31. The smallest absolute Gasteiger partial charge is 0.140 e. The van der Waals surface area contributed by atoms with Crippen LogP contribution in [0.3, 0.4) is 0 Å². The van der Waals surface area contributed by atoms with Gasteiger partial charge < -0.3 is 9.84 Å². The Morgan fingerprint density at radius 3 is 2.70 bits per heavy atom. The number of rotatable bonds is 4. The molecular formula is C17H17NO2. The summed E-state index contributed by atoms with van der Waals surface area (Å²) in [6.07, 6.45) is 2.18. The summed E-state index contributed by atoms with van der Waals surface area (Å²) in [7, 11) is 0. The maximum absolute atomic E-state index is 9.94. The highest BCUT2D eigenvalue weighted by Crippen LogP contribution is 2.06. The number of hydrogen-bond acceptors (Lipinski definition) is 3. The highest BCUT2D eigenvalue weighted by Gasteiger charge is 2.11. The molecule has 0 spiro atoms. The van der Waals surface area contributed by atoms with Crippen LogP contribution in [0, 0.1) is 11.8 Å². The molecule has 0 aliphatic rings. The van der Waals surface area contributed by atoms with Gasteiger partial charge >= 0.3 is 0 Å². The highest BCUT2D eigenvalue weighted by molar-refractivity contribution is 5.32. The molecule has 0 aliphatic heterocycles. The third-order valence-electron chi connectivity index (χ3n) is 2.83. The second kappa shape index (κ2) is 7.44. The Hall–Kier alpha value is -2.15. The van der Waals surface area contributed by atoms with Crippen molar-refractivity contribution in [3.05, 3.63) is 66.0 Å². The molecule has 0 radical (unpaired) electrons. The van der Waals surface area contributed by atoms with Crippen LogP contribution < -0.4 is 0 Å². The van der Waals surface area contributed by atoms with Gasteiger partial charge in [0.2, 0.25) is 0 Å². The molecule has 2 rings (SSSR count). The molecule has 3 nitrogen and oxygen atoms in total. The van der Waals surface area contributed by atoms with Crippen LogP contribution in [0.1, 0.15) is 18.1 Å². The molecule has 20 heavy (non-hydrogen) atoms.